The molecule has 0 unspecified atom stereocenters. The van der Waals surface area contributed by atoms with Crippen molar-refractivity contribution in [2.45, 2.75) is 19.9 Å². The number of methoxy groups -OCH3 is 2. The number of carbonyl (C=O) groups is 3. The number of hydrogen-bond donors (Lipinski definition) is 0. The molecular formula is C21H24N2O6. The molecule has 0 spiro atoms. The van der Waals surface area contributed by atoms with E-state index in [-0.39, 0.29) is 24.0 Å². The lowest BCUT2D eigenvalue weighted by Crippen LogP contribution is -2.38. The zero-order chi connectivity index (χ0) is 21.1. The highest BCUT2D eigenvalue weighted by atomic mass is 16.5. The van der Waals surface area contributed by atoms with Gasteiger partial charge < -0.3 is 23.7 Å². The first-order chi connectivity index (χ1) is 13.8. The summed E-state index contributed by atoms with van der Waals surface area (Å²) in [6, 6.07) is 5.26. The fourth-order valence-electron chi connectivity index (χ4n) is 3.35. The van der Waals surface area contributed by atoms with Gasteiger partial charge in [-0.05, 0) is 42.7 Å². The monoisotopic (exact) mass is 400 g/mol. The SMILES string of the molecule is COc1cc2c(cc1OC)CN(C(=O)COC(=O)c1cc(C(C)=O)cn1C)CC2. The summed E-state index contributed by atoms with van der Waals surface area (Å²) in [5.74, 6) is 0.205. The summed E-state index contributed by atoms with van der Waals surface area (Å²) in [6.45, 7) is 2.00. The predicted molar refractivity (Wildman–Crippen MR) is 104 cm³/mol. The van der Waals surface area contributed by atoms with E-state index in [4.69, 9.17) is 14.2 Å². The van der Waals surface area contributed by atoms with Crippen LogP contribution in [-0.2, 0) is 29.5 Å². The van der Waals surface area contributed by atoms with Crippen molar-refractivity contribution in [1.29, 1.82) is 0 Å². The Kier molecular flexibility index (Phi) is 5.91. The highest BCUT2D eigenvalue weighted by Gasteiger charge is 2.24. The fraction of sp³-hybridized carbons (Fsp3) is 0.381. The first kappa shape index (κ1) is 20.4. The second kappa shape index (κ2) is 8.38. The molecule has 0 aliphatic carbocycles. The van der Waals surface area contributed by atoms with Crippen molar-refractivity contribution in [3.8, 4) is 11.5 Å². The summed E-state index contributed by atoms with van der Waals surface area (Å²) < 4.78 is 17.3. The Labute approximate surface area is 169 Å². The lowest BCUT2D eigenvalue weighted by Gasteiger charge is -2.29. The minimum absolute atomic E-state index is 0.144. The molecule has 2 heterocycles. The third kappa shape index (κ3) is 4.26. The summed E-state index contributed by atoms with van der Waals surface area (Å²) in [6.07, 6.45) is 2.24. The van der Waals surface area contributed by atoms with Gasteiger partial charge in [0.1, 0.15) is 5.69 Å². The maximum Gasteiger partial charge on any atom is 0.355 e. The first-order valence-corrected chi connectivity index (χ1v) is 9.20. The molecule has 0 atom stereocenters. The van der Waals surface area contributed by atoms with Crippen LogP contribution in [0.25, 0.3) is 0 Å². The Hall–Kier alpha value is -3.29. The van der Waals surface area contributed by atoms with E-state index in [0.29, 0.717) is 36.6 Å². The number of aryl methyl sites for hydroxylation is 1. The number of fused-ring (bicyclic) bond motifs is 1. The van der Waals surface area contributed by atoms with Crippen molar-refractivity contribution in [3.05, 3.63) is 46.8 Å². The van der Waals surface area contributed by atoms with Gasteiger partial charge in [0.2, 0.25) is 0 Å². The highest BCUT2D eigenvalue weighted by Crippen LogP contribution is 2.33. The second-order valence-electron chi connectivity index (χ2n) is 6.90. The maximum absolute atomic E-state index is 12.6. The molecule has 0 N–H and O–H groups in total. The van der Waals surface area contributed by atoms with E-state index < -0.39 is 5.97 Å². The van der Waals surface area contributed by atoms with Gasteiger partial charge in [0.05, 0.1) is 14.2 Å². The summed E-state index contributed by atoms with van der Waals surface area (Å²) in [5.41, 5.74) is 2.72. The van der Waals surface area contributed by atoms with Crippen molar-refractivity contribution >= 4 is 17.7 Å². The van der Waals surface area contributed by atoms with E-state index in [1.165, 1.54) is 17.6 Å². The standard InChI is InChI=1S/C21H24N2O6/c1-13(24)15-7-17(22(2)10-15)21(26)29-12-20(25)23-6-5-14-8-18(27-3)19(28-4)9-16(14)11-23/h7-10H,5-6,11-12H2,1-4H3. The van der Waals surface area contributed by atoms with Crippen LogP contribution in [-0.4, -0.2) is 54.5 Å². The van der Waals surface area contributed by atoms with Crippen molar-refractivity contribution in [3.63, 3.8) is 0 Å². The van der Waals surface area contributed by atoms with E-state index in [2.05, 4.69) is 0 Å². The van der Waals surface area contributed by atoms with Gasteiger partial charge in [-0.3, -0.25) is 9.59 Å². The summed E-state index contributed by atoms with van der Waals surface area (Å²) >= 11 is 0. The smallest absolute Gasteiger partial charge is 0.355 e. The molecular weight excluding hydrogens is 376 g/mol. The van der Waals surface area contributed by atoms with Crippen molar-refractivity contribution in [1.82, 2.24) is 9.47 Å². The zero-order valence-electron chi connectivity index (χ0n) is 17.0. The average molecular weight is 400 g/mol. The molecule has 1 amide bonds. The van der Waals surface area contributed by atoms with Crippen LogP contribution in [0.3, 0.4) is 0 Å². The molecule has 0 bridgehead atoms. The third-order valence-corrected chi connectivity index (χ3v) is 5.02. The van der Waals surface area contributed by atoms with Crippen LogP contribution >= 0.6 is 0 Å². The number of esters is 1. The minimum Gasteiger partial charge on any atom is -0.493 e. The normalized spacial score (nSPS) is 12.9. The molecule has 0 radical (unpaired) electrons. The zero-order valence-corrected chi connectivity index (χ0v) is 17.0. The van der Waals surface area contributed by atoms with E-state index >= 15 is 0 Å². The number of nitrogens with zero attached hydrogens (tertiary/aromatic N) is 2. The van der Waals surface area contributed by atoms with Crippen LogP contribution in [0.2, 0.25) is 0 Å². The molecule has 1 aliphatic rings. The summed E-state index contributed by atoms with van der Waals surface area (Å²) in [7, 11) is 4.80. The first-order valence-electron chi connectivity index (χ1n) is 9.20. The number of Topliss-reactive ketones (excluding diaryl/α,β-unsaturated/α-hetero) is 1. The van der Waals surface area contributed by atoms with Gasteiger partial charge in [-0.1, -0.05) is 0 Å². The number of rotatable bonds is 6. The van der Waals surface area contributed by atoms with Crippen LogP contribution in [0.5, 0.6) is 11.5 Å². The number of carbonyl (C=O) groups excluding carboxylic acids is 3. The molecule has 0 saturated carbocycles. The van der Waals surface area contributed by atoms with Crippen LogP contribution in [0, 0.1) is 0 Å². The number of ether oxygens (including phenoxy) is 3. The molecule has 154 valence electrons. The van der Waals surface area contributed by atoms with Crippen LogP contribution in [0.15, 0.2) is 24.4 Å². The molecule has 1 aromatic carbocycles. The summed E-state index contributed by atoms with van der Waals surface area (Å²) in [4.78, 5) is 37.9. The quantitative estimate of drug-likeness (QED) is 0.544. The lowest BCUT2D eigenvalue weighted by molar-refractivity contribution is -0.135. The van der Waals surface area contributed by atoms with Crippen LogP contribution < -0.4 is 9.47 Å². The number of amides is 1. The molecule has 1 aromatic heterocycles. The largest absolute Gasteiger partial charge is 0.493 e. The van der Waals surface area contributed by atoms with Gasteiger partial charge in [-0.2, -0.15) is 0 Å². The predicted octanol–water partition coefficient (Wildman–Crippen LogP) is 1.99. The molecule has 0 saturated heterocycles. The lowest BCUT2D eigenvalue weighted by atomic mass is 9.99. The molecule has 29 heavy (non-hydrogen) atoms. The fourth-order valence-corrected chi connectivity index (χ4v) is 3.35. The van der Waals surface area contributed by atoms with E-state index in [1.807, 2.05) is 12.1 Å². The Morgan fingerprint density at radius 3 is 2.28 bits per heavy atom. The Balaban J connectivity index is 1.64. The molecule has 8 nitrogen and oxygen atoms in total. The number of benzene rings is 1. The Bertz CT molecular complexity index is 962. The van der Waals surface area contributed by atoms with E-state index in [9.17, 15) is 14.4 Å². The van der Waals surface area contributed by atoms with Gasteiger partial charge in [0.15, 0.2) is 23.9 Å². The van der Waals surface area contributed by atoms with E-state index in [1.54, 1.807) is 32.4 Å². The van der Waals surface area contributed by atoms with E-state index in [0.717, 1.165) is 11.1 Å². The van der Waals surface area contributed by atoms with Crippen molar-refractivity contribution < 1.29 is 28.6 Å². The molecule has 8 heteroatoms. The number of aromatic nitrogens is 1. The van der Waals surface area contributed by atoms with Gasteiger partial charge in [0.25, 0.3) is 5.91 Å². The second-order valence-corrected chi connectivity index (χ2v) is 6.90. The van der Waals surface area contributed by atoms with Gasteiger partial charge in [0, 0.05) is 31.9 Å². The van der Waals surface area contributed by atoms with Crippen LogP contribution in [0.1, 0.15) is 38.9 Å². The molecule has 0 fully saturated rings. The molecule has 3 rings (SSSR count). The van der Waals surface area contributed by atoms with Gasteiger partial charge in [-0.25, -0.2) is 4.79 Å². The number of ketones is 1. The Morgan fingerprint density at radius 1 is 1.03 bits per heavy atom. The average Bonchev–Trinajstić information content (AvgIpc) is 3.12. The van der Waals surface area contributed by atoms with Gasteiger partial charge in [-0.15, -0.1) is 0 Å². The molecule has 1 aliphatic heterocycles. The minimum atomic E-state index is -0.642. The number of hydrogen-bond acceptors (Lipinski definition) is 6. The Morgan fingerprint density at radius 2 is 1.69 bits per heavy atom. The topological polar surface area (TPSA) is 87.1 Å². The maximum atomic E-state index is 12.6. The van der Waals surface area contributed by atoms with Crippen molar-refractivity contribution in [2.24, 2.45) is 7.05 Å². The third-order valence-electron chi connectivity index (χ3n) is 5.02. The highest BCUT2D eigenvalue weighted by molar-refractivity contribution is 5.98. The summed E-state index contributed by atoms with van der Waals surface area (Å²) in [5, 5.41) is 0. The van der Waals surface area contributed by atoms with Crippen molar-refractivity contribution in [2.75, 3.05) is 27.4 Å². The van der Waals surface area contributed by atoms with Gasteiger partial charge >= 0.3 is 5.97 Å². The molecule has 2 aromatic rings. The van der Waals surface area contributed by atoms with Crippen LogP contribution in [0.4, 0.5) is 0 Å².